The van der Waals surface area contributed by atoms with E-state index in [1.807, 2.05) is 0 Å². The van der Waals surface area contributed by atoms with Gasteiger partial charge >= 0.3 is 0 Å². The molecule has 0 fully saturated rings. The minimum Gasteiger partial charge on any atom is -0.311 e. The lowest BCUT2D eigenvalue weighted by atomic mass is 10.0. The van der Waals surface area contributed by atoms with Gasteiger partial charge in [-0.05, 0) is 43.7 Å². The quantitative estimate of drug-likeness (QED) is 0.818. The number of amides is 1. The van der Waals surface area contributed by atoms with E-state index in [9.17, 15) is 9.18 Å². The normalized spacial score (nSPS) is 14.8. The maximum absolute atomic E-state index is 13.1. The van der Waals surface area contributed by atoms with Crippen LogP contribution in [0.1, 0.15) is 12.0 Å². The summed E-state index contributed by atoms with van der Waals surface area (Å²) < 4.78 is 13.1. The molecule has 1 amide bonds. The molecule has 1 aliphatic heterocycles. The fourth-order valence-corrected chi connectivity index (χ4v) is 2.07. The van der Waals surface area contributed by atoms with Crippen molar-refractivity contribution in [2.45, 2.75) is 12.8 Å². The van der Waals surface area contributed by atoms with Crippen LogP contribution in [0, 0.1) is 5.82 Å². The first-order valence-corrected chi connectivity index (χ1v) is 5.46. The summed E-state index contributed by atoms with van der Waals surface area (Å²) in [5, 5.41) is 2.84. The van der Waals surface area contributed by atoms with Gasteiger partial charge < -0.3 is 10.2 Å². The van der Waals surface area contributed by atoms with Gasteiger partial charge in [-0.1, -0.05) is 0 Å². The minimum absolute atomic E-state index is 0.0371. The number of nitrogens with one attached hydrogen (secondary N) is 1. The van der Waals surface area contributed by atoms with E-state index in [1.54, 1.807) is 18.0 Å². The molecular weight excluding hydrogens is 207 g/mol. The predicted molar refractivity (Wildman–Crippen MR) is 61.0 cm³/mol. The molecule has 0 aliphatic carbocycles. The van der Waals surface area contributed by atoms with Gasteiger partial charge in [-0.3, -0.25) is 4.79 Å². The van der Waals surface area contributed by atoms with Crippen LogP contribution in [0.15, 0.2) is 18.2 Å². The number of rotatable bonds is 2. The zero-order valence-corrected chi connectivity index (χ0v) is 9.29. The minimum atomic E-state index is -0.235. The Balaban J connectivity index is 2.29. The lowest BCUT2D eigenvalue weighted by Gasteiger charge is -2.29. The number of fused-ring (bicyclic) bond motifs is 1. The Morgan fingerprint density at radius 3 is 3.12 bits per heavy atom. The summed E-state index contributed by atoms with van der Waals surface area (Å²) >= 11 is 0. The van der Waals surface area contributed by atoms with Crippen molar-refractivity contribution in [3.63, 3.8) is 0 Å². The molecule has 0 aromatic heterocycles. The highest BCUT2D eigenvalue weighted by atomic mass is 19.1. The summed E-state index contributed by atoms with van der Waals surface area (Å²) in [7, 11) is 1.74. The Bertz CT molecular complexity index is 406. The summed E-state index contributed by atoms with van der Waals surface area (Å²) in [6, 6.07) is 4.62. The average Bonchev–Trinajstić information content (AvgIpc) is 2.28. The molecule has 1 N–H and O–H groups in total. The molecular formula is C12H15FN2O. The molecule has 0 bridgehead atoms. The molecule has 0 unspecified atom stereocenters. The summed E-state index contributed by atoms with van der Waals surface area (Å²) in [6.07, 6.45) is 1.74. The molecule has 16 heavy (non-hydrogen) atoms. The number of anilines is 1. The van der Waals surface area contributed by atoms with Crippen molar-refractivity contribution in [1.29, 1.82) is 0 Å². The van der Waals surface area contributed by atoms with Gasteiger partial charge in [0.15, 0.2) is 0 Å². The maximum Gasteiger partial charge on any atom is 0.240 e. The molecule has 1 aromatic rings. The van der Waals surface area contributed by atoms with Crippen molar-refractivity contribution in [3.8, 4) is 0 Å². The van der Waals surface area contributed by atoms with Crippen LogP contribution < -0.4 is 10.2 Å². The molecule has 0 atom stereocenters. The molecule has 86 valence electrons. The largest absolute Gasteiger partial charge is 0.311 e. The third kappa shape index (κ3) is 2.07. The number of carbonyl (C=O) groups is 1. The number of hydrogen-bond acceptors (Lipinski definition) is 2. The Morgan fingerprint density at radius 1 is 1.56 bits per heavy atom. The highest BCUT2D eigenvalue weighted by molar-refractivity contribution is 5.95. The van der Waals surface area contributed by atoms with Crippen molar-refractivity contribution >= 4 is 11.6 Å². The zero-order valence-electron chi connectivity index (χ0n) is 9.29. The van der Waals surface area contributed by atoms with Gasteiger partial charge in [-0.15, -0.1) is 0 Å². The zero-order chi connectivity index (χ0) is 11.5. The van der Waals surface area contributed by atoms with Crippen LogP contribution in [-0.4, -0.2) is 26.0 Å². The van der Waals surface area contributed by atoms with E-state index in [-0.39, 0.29) is 11.7 Å². The van der Waals surface area contributed by atoms with E-state index in [0.29, 0.717) is 6.54 Å². The van der Waals surface area contributed by atoms with Gasteiger partial charge in [0.2, 0.25) is 5.91 Å². The van der Waals surface area contributed by atoms with Crippen molar-refractivity contribution in [3.05, 3.63) is 29.6 Å². The molecule has 0 saturated carbocycles. The van der Waals surface area contributed by atoms with Gasteiger partial charge in [0, 0.05) is 12.2 Å². The highest BCUT2D eigenvalue weighted by Crippen LogP contribution is 2.27. The molecule has 1 aliphatic rings. The molecule has 2 rings (SSSR count). The van der Waals surface area contributed by atoms with Crippen LogP contribution >= 0.6 is 0 Å². The standard InChI is InChI=1S/C12H15FN2O/c1-14-8-12(16)15-6-2-3-9-7-10(13)4-5-11(9)15/h4-5,7,14H,2-3,6,8H2,1H3. The molecule has 1 heterocycles. The monoisotopic (exact) mass is 222 g/mol. The van der Waals surface area contributed by atoms with Gasteiger partial charge in [-0.2, -0.15) is 0 Å². The second-order valence-electron chi connectivity index (χ2n) is 3.95. The van der Waals surface area contributed by atoms with Crippen LogP contribution in [0.25, 0.3) is 0 Å². The molecule has 0 radical (unpaired) electrons. The first-order chi connectivity index (χ1) is 7.72. The predicted octanol–water partition coefficient (Wildman–Crippen LogP) is 1.32. The molecule has 3 nitrogen and oxygen atoms in total. The van der Waals surface area contributed by atoms with Crippen molar-refractivity contribution < 1.29 is 9.18 Å². The summed E-state index contributed by atoms with van der Waals surface area (Å²) in [6.45, 7) is 1.04. The number of benzene rings is 1. The Kier molecular flexibility index (Phi) is 3.19. The number of halogens is 1. The molecule has 4 heteroatoms. The first kappa shape index (κ1) is 11.1. The van der Waals surface area contributed by atoms with E-state index in [2.05, 4.69) is 5.32 Å². The van der Waals surface area contributed by atoms with Crippen LogP contribution in [-0.2, 0) is 11.2 Å². The van der Waals surface area contributed by atoms with E-state index < -0.39 is 0 Å². The summed E-state index contributed by atoms with van der Waals surface area (Å²) in [4.78, 5) is 13.5. The molecule has 0 spiro atoms. The first-order valence-electron chi connectivity index (χ1n) is 5.46. The average molecular weight is 222 g/mol. The van der Waals surface area contributed by atoms with Crippen LogP contribution in [0.5, 0.6) is 0 Å². The second-order valence-corrected chi connectivity index (χ2v) is 3.95. The van der Waals surface area contributed by atoms with Gasteiger partial charge in [0.05, 0.1) is 6.54 Å². The third-order valence-electron chi connectivity index (χ3n) is 2.79. The van der Waals surface area contributed by atoms with E-state index >= 15 is 0 Å². The Morgan fingerprint density at radius 2 is 2.38 bits per heavy atom. The van der Waals surface area contributed by atoms with Crippen LogP contribution in [0.3, 0.4) is 0 Å². The number of carbonyl (C=O) groups excluding carboxylic acids is 1. The van der Waals surface area contributed by atoms with Crippen molar-refractivity contribution in [2.75, 3.05) is 25.0 Å². The number of hydrogen-bond donors (Lipinski definition) is 1. The van der Waals surface area contributed by atoms with E-state index in [1.165, 1.54) is 12.1 Å². The van der Waals surface area contributed by atoms with E-state index in [4.69, 9.17) is 0 Å². The van der Waals surface area contributed by atoms with Crippen molar-refractivity contribution in [2.24, 2.45) is 0 Å². The SMILES string of the molecule is CNCC(=O)N1CCCc2cc(F)ccc21. The smallest absolute Gasteiger partial charge is 0.240 e. The van der Waals surface area contributed by atoms with Crippen LogP contribution in [0.4, 0.5) is 10.1 Å². The lowest BCUT2D eigenvalue weighted by molar-refractivity contribution is -0.117. The van der Waals surface area contributed by atoms with Crippen LogP contribution in [0.2, 0.25) is 0 Å². The maximum atomic E-state index is 13.1. The second kappa shape index (κ2) is 4.61. The third-order valence-corrected chi connectivity index (χ3v) is 2.79. The fourth-order valence-electron chi connectivity index (χ4n) is 2.07. The number of aryl methyl sites for hydroxylation is 1. The highest BCUT2D eigenvalue weighted by Gasteiger charge is 2.21. The van der Waals surface area contributed by atoms with Crippen molar-refractivity contribution in [1.82, 2.24) is 5.32 Å². The topological polar surface area (TPSA) is 32.3 Å². The molecule has 1 aromatic carbocycles. The lowest BCUT2D eigenvalue weighted by Crippen LogP contribution is -2.40. The fraction of sp³-hybridized carbons (Fsp3) is 0.417. The van der Waals surface area contributed by atoms with Gasteiger partial charge in [0.25, 0.3) is 0 Å². The Labute approximate surface area is 94.3 Å². The number of likely N-dealkylation sites (N-methyl/N-ethyl adjacent to an activating group) is 1. The van der Waals surface area contributed by atoms with Gasteiger partial charge in [0.1, 0.15) is 5.82 Å². The van der Waals surface area contributed by atoms with E-state index in [0.717, 1.165) is 30.6 Å². The summed E-state index contributed by atoms with van der Waals surface area (Å²) in [5.74, 6) is -0.197. The summed E-state index contributed by atoms with van der Waals surface area (Å²) in [5.41, 5.74) is 1.78. The Hall–Kier alpha value is -1.42. The molecule has 0 saturated heterocycles. The van der Waals surface area contributed by atoms with Gasteiger partial charge in [-0.25, -0.2) is 4.39 Å². The number of nitrogens with zero attached hydrogens (tertiary/aromatic N) is 1.